The van der Waals surface area contributed by atoms with Gasteiger partial charge in [0.05, 0.1) is 6.10 Å². The normalized spacial score (nSPS) is 12.6. The van der Waals surface area contributed by atoms with Crippen molar-refractivity contribution in [1.29, 1.82) is 0 Å². The monoisotopic (exact) mass is 228 g/mol. The van der Waals surface area contributed by atoms with Crippen LogP contribution in [0.5, 0.6) is 0 Å². The summed E-state index contributed by atoms with van der Waals surface area (Å²) in [4.78, 5) is 21.2. The van der Waals surface area contributed by atoms with Gasteiger partial charge in [0, 0.05) is 12.2 Å². The van der Waals surface area contributed by atoms with Crippen molar-refractivity contribution >= 4 is 11.9 Å². The van der Waals surface area contributed by atoms with Crippen molar-refractivity contribution in [2.75, 3.05) is 0 Å². The van der Waals surface area contributed by atoms with E-state index in [0.717, 1.165) is 31.4 Å². The van der Waals surface area contributed by atoms with E-state index < -0.39 is 11.9 Å². The Morgan fingerprint density at radius 1 is 1.25 bits per heavy atom. The van der Waals surface area contributed by atoms with Crippen molar-refractivity contribution in [2.45, 2.75) is 52.1 Å². The van der Waals surface area contributed by atoms with Crippen molar-refractivity contribution in [1.82, 2.24) is 0 Å². The predicted octanol–water partition coefficient (Wildman–Crippen LogP) is 2.53. The maximum absolute atomic E-state index is 11.1. The van der Waals surface area contributed by atoms with Crippen LogP contribution in [0.15, 0.2) is 12.2 Å². The van der Waals surface area contributed by atoms with Crippen molar-refractivity contribution in [2.24, 2.45) is 0 Å². The molecule has 0 radical (unpaired) electrons. The van der Waals surface area contributed by atoms with Crippen LogP contribution < -0.4 is 0 Å². The summed E-state index contributed by atoms with van der Waals surface area (Å²) in [5.74, 6) is -1.74. The molecule has 0 spiro atoms. The Hall–Kier alpha value is -1.32. The Morgan fingerprint density at radius 3 is 2.50 bits per heavy atom. The van der Waals surface area contributed by atoms with Crippen LogP contribution in [0.3, 0.4) is 0 Å². The molecule has 0 aromatic carbocycles. The van der Waals surface area contributed by atoms with Gasteiger partial charge in [-0.1, -0.05) is 26.2 Å². The van der Waals surface area contributed by atoms with Gasteiger partial charge in [0.25, 0.3) is 0 Å². The zero-order valence-electron chi connectivity index (χ0n) is 9.94. The molecule has 1 N–H and O–H groups in total. The second kappa shape index (κ2) is 8.95. The van der Waals surface area contributed by atoms with Crippen molar-refractivity contribution in [3.8, 4) is 0 Å². The van der Waals surface area contributed by atoms with E-state index in [4.69, 9.17) is 9.84 Å². The third-order valence-corrected chi connectivity index (χ3v) is 2.14. The van der Waals surface area contributed by atoms with Crippen molar-refractivity contribution in [3.63, 3.8) is 0 Å². The van der Waals surface area contributed by atoms with Crippen LogP contribution in [-0.2, 0) is 14.3 Å². The molecule has 1 unspecified atom stereocenters. The maximum Gasteiger partial charge on any atom is 0.331 e. The van der Waals surface area contributed by atoms with Crippen molar-refractivity contribution in [3.05, 3.63) is 12.2 Å². The highest BCUT2D eigenvalue weighted by molar-refractivity contribution is 5.90. The summed E-state index contributed by atoms with van der Waals surface area (Å²) >= 11 is 0. The second-order valence-corrected chi connectivity index (χ2v) is 3.77. The molecule has 0 bridgehead atoms. The molecule has 92 valence electrons. The molecule has 0 saturated heterocycles. The number of carboxylic acids is 1. The summed E-state index contributed by atoms with van der Waals surface area (Å²) in [6.45, 7) is 3.96. The number of hydrogen-bond donors (Lipinski definition) is 1. The first-order valence-electron chi connectivity index (χ1n) is 5.68. The number of carbonyl (C=O) groups is 2. The number of esters is 1. The minimum atomic E-state index is -1.15. The molecule has 16 heavy (non-hydrogen) atoms. The Bertz CT molecular complexity index is 245. The molecular formula is C12H20O4. The lowest BCUT2D eigenvalue weighted by Crippen LogP contribution is -2.13. The van der Waals surface area contributed by atoms with Crippen LogP contribution in [0.25, 0.3) is 0 Å². The van der Waals surface area contributed by atoms with Crippen LogP contribution in [0, 0.1) is 0 Å². The van der Waals surface area contributed by atoms with Gasteiger partial charge in [-0.25, -0.2) is 9.59 Å². The molecular weight excluding hydrogens is 208 g/mol. The number of carboxylic acid groups (broad SMARTS) is 1. The summed E-state index contributed by atoms with van der Waals surface area (Å²) in [5, 5.41) is 8.30. The van der Waals surface area contributed by atoms with Gasteiger partial charge < -0.3 is 9.84 Å². The Labute approximate surface area is 96.3 Å². The first-order valence-corrected chi connectivity index (χ1v) is 5.68. The molecule has 0 aliphatic heterocycles. The SMILES string of the molecule is CCCCCCC(C)OC(=O)/C=C\C(=O)O. The molecule has 4 nitrogen and oxygen atoms in total. The smallest absolute Gasteiger partial charge is 0.331 e. The number of hydrogen-bond acceptors (Lipinski definition) is 3. The van der Waals surface area contributed by atoms with Gasteiger partial charge in [0.1, 0.15) is 0 Å². The fourth-order valence-electron chi connectivity index (χ4n) is 1.29. The first kappa shape index (κ1) is 14.7. The highest BCUT2D eigenvalue weighted by Gasteiger charge is 2.06. The second-order valence-electron chi connectivity index (χ2n) is 3.77. The molecule has 0 amide bonds. The lowest BCUT2D eigenvalue weighted by molar-refractivity contribution is -0.143. The van der Waals surface area contributed by atoms with Gasteiger partial charge in [-0.05, 0) is 19.8 Å². The van der Waals surface area contributed by atoms with Gasteiger partial charge in [-0.3, -0.25) is 0 Å². The number of aliphatic carboxylic acids is 1. The van der Waals surface area contributed by atoms with E-state index in [1.165, 1.54) is 12.8 Å². The fourth-order valence-corrected chi connectivity index (χ4v) is 1.29. The van der Waals surface area contributed by atoms with Gasteiger partial charge in [-0.2, -0.15) is 0 Å². The van der Waals surface area contributed by atoms with Crippen LogP contribution in [-0.4, -0.2) is 23.1 Å². The predicted molar refractivity (Wildman–Crippen MR) is 61.1 cm³/mol. The molecule has 0 fully saturated rings. The maximum atomic E-state index is 11.1. The quantitative estimate of drug-likeness (QED) is 0.394. The van der Waals surface area contributed by atoms with Gasteiger partial charge in [-0.15, -0.1) is 0 Å². The average Bonchev–Trinajstić information content (AvgIpc) is 2.21. The third-order valence-electron chi connectivity index (χ3n) is 2.14. The summed E-state index contributed by atoms with van der Waals surface area (Å²) in [5.41, 5.74) is 0. The lowest BCUT2D eigenvalue weighted by atomic mass is 10.1. The van der Waals surface area contributed by atoms with Gasteiger partial charge in [0.2, 0.25) is 0 Å². The zero-order valence-corrected chi connectivity index (χ0v) is 9.94. The summed E-state index contributed by atoms with van der Waals surface area (Å²) < 4.78 is 4.99. The molecule has 1 atom stereocenters. The molecule has 4 heteroatoms. The number of carbonyl (C=O) groups excluding carboxylic acids is 1. The topological polar surface area (TPSA) is 63.6 Å². The summed E-state index contributed by atoms with van der Waals surface area (Å²) in [7, 11) is 0. The highest BCUT2D eigenvalue weighted by Crippen LogP contribution is 2.08. The van der Waals surface area contributed by atoms with E-state index in [-0.39, 0.29) is 6.10 Å². The van der Waals surface area contributed by atoms with Crippen LogP contribution in [0.4, 0.5) is 0 Å². The number of rotatable bonds is 8. The summed E-state index contributed by atoms with van der Waals surface area (Å²) in [6, 6.07) is 0. The van der Waals surface area contributed by atoms with Crippen LogP contribution in [0.2, 0.25) is 0 Å². The highest BCUT2D eigenvalue weighted by atomic mass is 16.5. The number of unbranched alkanes of at least 4 members (excludes halogenated alkanes) is 3. The molecule has 0 aliphatic rings. The van der Waals surface area contributed by atoms with E-state index in [0.29, 0.717) is 0 Å². The van der Waals surface area contributed by atoms with E-state index in [2.05, 4.69) is 6.92 Å². The molecule has 0 saturated carbocycles. The van der Waals surface area contributed by atoms with Crippen molar-refractivity contribution < 1.29 is 19.4 Å². The molecule has 0 aliphatic carbocycles. The van der Waals surface area contributed by atoms with Crippen LogP contribution >= 0.6 is 0 Å². The van der Waals surface area contributed by atoms with Gasteiger partial charge in [0.15, 0.2) is 0 Å². The lowest BCUT2D eigenvalue weighted by Gasteiger charge is -2.11. The van der Waals surface area contributed by atoms with E-state index >= 15 is 0 Å². The Morgan fingerprint density at radius 2 is 1.94 bits per heavy atom. The standard InChI is InChI=1S/C12H20O4/c1-3-4-5-6-7-10(2)16-12(15)9-8-11(13)14/h8-10H,3-7H2,1-2H3,(H,13,14)/b9-8-. The zero-order chi connectivity index (χ0) is 12.4. The fraction of sp³-hybridized carbons (Fsp3) is 0.667. The van der Waals surface area contributed by atoms with E-state index in [1.807, 2.05) is 6.92 Å². The average molecular weight is 228 g/mol. The Balaban J connectivity index is 3.65. The van der Waals surface area contributed by atoms with Gasteiger partial charge >= 0.3 is 11.9 Å². The minimum Gasteiger partial charge on any atom is -0.478 e. The molecule has 0 aromatic heterocycles. The van der Waals surface area contributed by atoms with E-state index in [9.17, 15) is 9.59 Å². The molecule has 0 aromatic rings. The van der Waals surface area contributed by atoms with E-state index in [1.54, 1.807) is 0 Å². The molecule has 0 heterocycles. The summed E-state index contributed by atoms with van der Waals surface area (Å²) in [6.07, 6.45) is 6.94. The largest absolute Gasteiger partial charge is 0.478 e. The first-order chi connectivity index (χ1) is 7.56. The van der Waals surface area contributed by atoms with Crippen LogP contribution in [0.1, 0.15) is 46.0 Å². The minimum absolute atomic E-state index is 0.150. The Kier molecular flexibility index (Phi) is 8.21. The number of ether oxygens (including phenoxy) is 1. The third kappa shape index (κ3) is 9.24. The molecule has 0 rings (SSSR count).